The second-order valence-electron chi connectivity index (χ2n) is 5.15. The van der Waals surface area contributed by atoms with E-state index in [0.29, 0.717) is 0 Å². The predicted octanol–water partition coefficient (Wildman–Crippen LogP) is 3.59. The van der Waals surface area contributed by atoms with Crippen LogP contribution < -0.4 is 4.74 Å². The molecule has 104 valence electrons. The summed E-state index contributed by atoms with van der Waals surface area (Å²) >= 11 is 6.18. The van der Waals surface area contributed by atoms with E-state index in [4.69, 9.17) is 16.3 Å². The van der Waals surface area contributed by atoms with Gasteiger partial charge in [0.1, 0.15) is 5.75 Å². The van der Waals surface area contributed by atoms with Crippen molar-refractivity contribution in [3.8, 4) is 5.75 Å². The Balaban J connectivity index is 1.91. The number of fused-ring (bicyclic) bond motifs is 1. The highest BCUT2D eigenvalue weighted by molar-refractivity contribution is 6.30. The van der Waals surface area contributed by atoms with Crippen LogP contribution in [0.5, 0.6) is 5.75 Å². The smallest absolute Gasteiger partial charge is 0.125 e. The number of aliphatic hydroxyl groups excluding tert-OH is 1. The standard InChI is InChI=1S/C17H17ClO2/c18-16-9-13-6-7-20-17(13)14(10-16)8-15(11-19)12-4-2-1-3-5-12/h1-5,9-10,15,19H,6-8,11H2. The van der Waals surface area contributed by atoms with Gasteiger partial charge in [0.25, 0.3) is 0 Å². The van der Waals surface area contributed by atoms with E-state index in [9.17, 15) is 5.11 Å². The Hall–Kier alpha value is -1.51. The monoisotopic (exact) mass is 288 g/mol. The van der Waals surface area contributed by atoms with E-state index in [1.54, 1.807) is 0 Å². The molecule has 1 unspecified atom stereocenters. The summed E-state index contributed by atoms with van der Waals surface area (Å²) in [5.41, 5.74) is 3.41. The molecule has 3 rings (SSSR count). The highest BCUT2D eigenvalue weighted by Crippen LogP contribution is 2.35. The Morgan fingerprint density at radius 2 is 2.00 bits per heavy atom. The molecule has 0 spiro atoms. The molecule has 2 aromatic rings. The molecule has 1 heterocycles. The van der Waals surface area contributed by atoms with Crippen molar-refractivity contribution in [2.24, 2.45) is 0 Å². The second-order valence-corrected chi connectivity index (χ2v) is 5.58. The Morgan fingerprint density at radius 3 is 2.75 bits per heavy atom. The van der Waals surface area contributed by atoms with E-state index in [1.165, 1.54) is 5.56 Å². The first kappa shape index (κ1) is 13.5. The number of hydrogen-bond acceptors (Lipinski definition) is 2. The van der Waals surface area contributed by atoms with Crippen LogP contribution in [0.15, 0.2) is 42.5 Å². The highest BCUT2D eigenvalue weighted by Gasteiger charge is 2.20. The number of ether oxygens (including phenoxy) is 1. The van der Waals surface area contributed by atoms with Crippen LogP contribution >= 0.6 is 11.6 Å². The van der Waals surface area contributed by atoms with Gasteiger partial charge < -0.3 is 9.84 Å². The topological polar surface area (TPSA) is 29.5 Å². The summed E-state index contributed by atoms with van der Waals surface area (Å²) in [5.74, 6) is 1.03. The Labute approximate surface area is 124 Å². The molecule has 1 N–H and O–H groups in total. The quantitative estimate of drug-likeness (QED) is 0.931. The molecule has 0 saturated heterocycles. The van der Waals surface area contributed by atoms with E-state index in [-0.39, 0.29) is 12.5 Å². The zero-order valence-corrected chi connectivity index (χ0v) is 11.9. The SMILES string of the molecule is OCC(Cc1cc(Cl)cc2c1OCC2)c1ccccc1. The largest absolute Gasteiger partial charge is 0.493 e. The first-order valence-corrected chi connectivity index (χ1v) is 7.25. The predicted molar refractivity (Wildman–Crippen MR) is 80.6 cm³/mol. The maximum absolute atomic E-state index is 9.68. The zero-order valence-electron chi connectivity index (χ0n) is 11.2. The van der Waals surface area contributed by atoms with Crippen LogP contribution in [0, 0.1) is 0 Å². The van der Waals surface area contributed by atoms with Gasteiger partial charge in [0, 0.05) is 17.4 Å². The van der Waals surface area contributed by atoms with E-state index < -0.39 is 0 Å². The lowest BCUT2D eigenvalue weighted by Gasteiger charge is -2.17. The minimum atomic E-state index is 0.0722. The van der Waals surface area contributed by atoms with E-state index in [0.717, 1.165) is 41.3 Å². The molecule has 1 atom stereocenters. The van der Waals surface area contributed by atoms with Gasteiger partial charge in [-0.25, -0.2) is 0 Å². The summed E-state index contributed by atoms with van der Waals surface area (Å²) in [6, 6.07) is 14.0. The van der Waals surface area contributed by atoms with Crippen molar-refractivity contribution in [1.29, 1.82) is 0 Å². The maximum atomic E-state index is 9.68. The van der Waals surface area contributed by atoms with Gasteiger partial charge in [-0.15, -0.1) is 0 Å². The number of halogens is 1. The van der Waals surface area contributed by atoms with Gasteiger partial charge in [0.05, 0.1) is 13.2 Å². The van der Waals surface area contributed by atoms with Gasteiger partial charge in [-0.3, -0.25) is 0 Å². The molecule has 1 aliphatic rings. The minimum Gasteiger partial charge on any atom is -0.493 e. The minimum absolute atomic E-state index is 0.0722. The first-order chi connectivity index (χ1) is 9.78. The van der Waals surface area contributed by atoms with Gasteiger partial charge in [-0.2, -0.15) is 0 Å². The second kappa shape index (κ2) is 5.86. The van der Waals surface area contributed by atoms with Crippen molar-refractivity contribution in [3.63, 3.8) is 0 Å². The zero-order chi connectivity index (χ0) is 13.9. The normalized spacial score (nSPS) is 14.7. The summed E-state index contributed by atoms with van der Waals surface area (Å²) in [6.45, 7) is 0.836. The van der Waals surface area contributed by atoms with Gasteiger partial charge in [0.2, 0.25) is 0 Å². The number of aliphatic hydroxyl groups is 1. The molecule has 0 saturated carbocycles. The summed E-state index contributed by atoms with van der Waals surface area (Å²) in [4.78, 5) is 0. The highest BCUT2D eigenvalue weighted by atomic mass is 35.5. The van der Waals surface area contributed by atoms with Crippen molar-refractivity contribution in [2.75, 3.05) is 13.2 Å². The third kappa shape index (κ3) is 2.67. The number of rotatable bonds is 4. The molecular formula is C17H17ClO2. The summed E-state index contributed by atoms with van der Waals surface area (Å²) in [6.07, 6.45) is 1.65. The fourth-order valence-electron chi connectivity index (χ4n) is 2.78. The number of hydrogen-bond donors (Lipinski definition) is 1. The van der Waals surface area contributed by atoms with Crippen LogP contribution in [-0.2, 0) is 12.8 Å². The average Bonchev–Trinajstić information content (AvgIpc) is 2.93. The molecule has 0 bridgehead atoms. The lowest BCUT2D eigenvalue weighted by molar-refractivity contribution is 0.263. The Kier molecular flexibility index (Phi) is 3.95. The fourth-order valence-corrected chi connectivity index (χ4v) is 3.04. The lowest BCUT2D eigenvalue weighted by Crippen LogP contribution is -2.08. The van der Waals surface area contributed by atoms with Crippen molar-refractivity contribution in [1.82, 2.24) is 0 Å². The molecule has 2 aromatic carbocycles. The van der Waals surface area contributed by atoms with Gasteiger partial charge in [-0.05, 0) is 35.2 Å². The summed E-state index contributed by atoms with van der Waals surface area (Å²) < 4.78 is 5.73. The fraction of sp³-hybridized carbons (Fsp3) is 0.294. The molecule has 0 aromatic heterocycles. The van der Waals surface area contributed by atoms with Crippen molar-refractivity contribution in [3.05, 3.63) is 64.2 Å². The lowest BCUT2D eigenvalue weighted by atomic mass is 9.91. The van der Waals surface area contributed by atoms with Crippen molar-refractivity contribution in [2.45, 2.75) is 18.8 Å². The first-order valence-electron chi connectivity index (χ1n) is 6.88. The Bertz CT molecular complexity index is 595. The third-order valence-corrected chi connectivity index (χ3v) is 4.00. The molecule has 3 heteroatoms. The maximum Gasteiger partial charge on any atom is 0.125 e. The van der Waals surface area contributed by atoms with Crippen LogP contribution in [0.1, 0.15) is 22.6 Å². The van der Waals surface area contributed by atoms with Gasteiger partial charge >= 0.3 is 0 Å². The van der Waals surface area contributed by atoms with Crippen molar-refractivity contribution >= 4 is 11.6 Å². The van der Waals surface area contributed by atoms with E-state index in [2.05, 4.69) is 0 Å². The molecule has 20 heavy (non-hydrogen) atoms. The van der Waals surface area contributed by atoms with Crippen molar-refractivity contribution < 1.29 is 9.84 Å². The van der Waals surface area contributed by atoms with Crippen LogP contribution in [0.3, 0.4) is 0 Å². The molecule has 2 nitrogen and oxygen atoms in total. The van der Waals surface area contributed by atoms with E-state index >= 15 is 0 Å². The molecular weight excluding hydrogens is 272 g/mol. The van der Waals surface area contributed by atoms with Crippen LogP contribution in [-0.4, -0.2) is 18.3 Å². The summed E-state index contributed by atoms with van der Waals surface area (Å²) in [7, 11) is 0. The summed E-state index contributed by atoms with van der Waals surface area (Å²) in [5, 5.41) is 10.4. The van der Waals surface area contributed by atoms with Gasteiger partial charge in [-0.1, -0.05) is 41.9 Å². The van der Waals surface area contributed by atoms with Gasteiger partial charge in [0.15, 0.2) is 0 Å². The van der Waals surface area contributed by atoms with Crippen LogP contribution in [0.25, 0.3) is 0 Å². The molecule has 0 fully saturated rings. The van der Waals surface area contributed by atoms with Crippen LogP contribution in [0.4, 0.5) is 0 Å². The molecule has 1 aliphatic heterocycles. The van der Waals surface area contributed by atoms with Crippen LogP contribution in [0.2, 0.25) is 5.02 Å². The Morgan fingerprint density at radius 1 is 1.20 bits per heavy atom. The molecule has 0 aliphatic carbocycles. The molecule has 0 amide bonds. The molecule has 0 radical (unpaired) electrons. The average molecular weight is 289 g/mol. The number of benzene rings is 2. The third-order valence-electron chi connectivity index (χ3n) is 3.78. The van der Waals surface area contributed by atoms with E-state index in [1.807, 2.05) is 42.5 Å².